The van der Waals surface area contributed by atoms with Crippen LogP contribution in [0.4, 0.5) is 0 Å². The van der Waals surface area contributed by atoms with Crippen molar-refractivity contribution in [3.05, 3.63) is 0 Å². The molecule has 1 fully saturated rings. The Balaban J connectivity index is 2.43. The first-order valence-corrected chi connectivity index (χ1v) is 8.70. The van der Waals surface area contributed by atoms with E-state index in [1.54, 1.807) is 13.8 Å². The lowest BCUT2D eigenvalue weighted by molar-refractivity contribution is -0.123. The molecule has 4 nitrogen and oxygen atoms in total. The molecule has 0 aliphatic heterocycles. The molecule has 0 aromatic carbocycles. The Hall–Kier alpha value is -0.580. The predicted molar refractivity (Wildman–Crippen MR) is 77.6 cm³/mol. The molecule has 2 atom stereocenters. The minimum Gasteiger partial charge on any atom is -0.353 e. The fourth-order valence-electron chi connectivity index (χ4n) is 2.17. The molecule has 0 radical (unpaired) electrons. The van der Waals surface area contributed by atoms with Gasteiger partial charge in [-0.2, -0.15) is 0 Å². The fourth-order valence-corrected chi connectivity index (χ4v) is 2.69. The van der Waals surface area contributed by atoms with Crippen LogP contribution in [-0.4, -0.2) is 31.4 Å². The van der Waals surface area contributed by atoms with E-state index in [1.807, 2.05) is 20.8 Å². The van der Waals surface area contributed by atoms with Crippen LogP contribution < -0.4 is 5.32 Å². The lowest BCUT2D eigenvalue weighted by Gasteiger charge is -2.22. The van der Waals surface area contributed by atoms with E-state index in [4.69, 9.17) is 0 Å². The Kier molecular flexibility index (Phi) is 4.40. The van der Waals surface area contributed by atoms with Gasteiger partial charge in [-0.05, 0) is 38.0 Å². The molecule has 19 heavy (non-hydrogen) atoms. The van der Waals surface area contributed by atoms with Gasteiger partial charge < -0.3 is 5.32 Å². The van der Waals surface area contributed by atoms with Gasteiger partial charge in [0.15, 0.2) is 9.84 Å². The van der Waals surface area contributed by atoms with Gasteiger partial charge >= 0.3 is 0 Å². The Morgan fingerprint density at radius 3 is 2.16 bits per heavy atom. The van der Waals surface area contributed by atoms with Crippen LogP contribution in [0, 0.1) is 11.3 Å². The maximum Gasteiger partial charge on any atom is 0.220 e. The second kappa shape index (κ2) is 5.08. The topological polar surface area (TPSA) is 63.2 Å². The monoisotopic (exact) mass is 289 g/mol. The normalized spacial score (nSPS) is 24.1. The third-order valence-corrected chi connectivity index (χ3v) is 5.89. The molecule has 1 N–H and O–H groups in total. The van der Waals surface area contributed by atoms with E-state index in [2.05, 4.69) is 5.32 Å². The van der Waals surface area contributed by atoms with Crippen molar-refractivity contribution in [2.45, 2.75) is 64.7 Å². The van der Waals surface area contributed by atoms with Crippen LogP contribution in [0.25, 0.3) is 0 Å². The molecule has 1 aliphatic rings. The number of nitrogens with one attached hydrogen (secondary N) is 1. The molecule has 1 rings (SSSR count). The molecule has 5 heteroatoms. The first kappa shape index (κ1) is 16.5. The number of hydrogen-bond acceptors (Lipinski definition) is 3. The van der Waals surface area contributed by atoms with Crippen molar-refractivity contribution < 1.29 is 13.2 Å². The number of amides is 1. The first-order chi connectivity index (χ1) is 8.32. The third-order valence-electron chi connectivity index (χ3n) is 3.72. The van der Waals surface area contributed by atoms with Crippen LogP contribution in [-0.2, 0) is 14.6 Å². The zero-order chi connectivity index (χ0) is 15.1. The Bertz CT molecular complexity index is 446. The summed E-state index contributed by atoms with van der Waals surface area (Å²) < 4.78 is 22.6. The van der Waals surface area contributed by atoms with E-state index in [-0.39, 0.29) is 17.4 Å². The lowest BCUT2D eigenvalue weighted by Crippen LogP contribution is -2.34. The largest absolute Gasteiger partial charge is 0.353 e. The highest BCUT2D eigenvalue weighted by Gasteiger charge is 2.44. The van der Waals surface area contributed by atoms with Crippen LogP contribution in [0.15, 0.2) is 0 Å². The number of hydrogen-bond donors (Lipinski definition) is 1. The van der Waals surface area contributed by atoms with Crippen molar-refractivity contribution in [1.29, 1.82) is 0 Å². The Labute approximate surface area is 117 Å². The number of rotatable bonds is 5. The maximum atomic E-state index is 11.8. The third kappa shape index (κ3) is 5.13. The van der Waals surface area contributed by atoms with Crippen molar-refractivity contribution in [2.24, 2.45) is 11.3 Å². The molecule has 1 saturated carbocycles. The van der Waals surface area contributed by atoms with Gasteiger partial charge in [-0.1, -0.05) is 20.8 Å². The minimum atomic E-state index is -3.05. The van der Waals surface area contributed by atoms with Crippen molar-refractivity contribution in [3.8, 4) is 0 Å². The van der Waals surface area contributed by atoms with Gasteiger partial charge in [0.05, 0.1) is 4.75 Å². The maximum absolute atomic E-state index is 11.8. The second-order valence-electron chi connectivity index (χ2n) is 7.64. The average Bonchev–Trinajstić information content (AvgIpc) is 2.75. The number of sulfone groups is 1. The van der Waals surface area contributed by atoms with Crippen LogP contribution in [0.1, 0.15) is 53.9 Å². The van der Waals surface area contributed by atoms with E-state index in [9.17, 15) is 13.2 Å². The van der Waals surface area contributed by atoms with Gasteiger partial charge in [-0.25, -0.2) is 8.42 Å². The molecule has 0 heterocycles. The Morgan fingerprint density at radius 2 is 1.74 bits per heavy atom. The van der Waals surface area contributed by atoms with Crippen LogP contribution in [0.5, 0.6) is 0 Å². The van der Waals surface area contributed by atoms with E-state index < -0.39 is 14.6 Å². The molecule has 0 aromatic heterocycles. The number of carbonyl (C=O) groups excluding carboxylic acids is 1. The van der Waals surface area contributed by atoms with E-state index in [0.29, 0.717) is 18.8 Å². The molecule has 2 unspecified atom stereocenters. The Morgan fingerprint density at radius 1 is 1.21 bits per heavy atom. The van der Waals surface area contributed by atoms with Gasteiger partial charge in [0.2, 0.25) is 5.91 Å². The predicted octanol–water partition coefficient (Wildman–Crippen LogP) is 2.14. The quantitative estimate of drug-likeness (QED) is 0.843. The van der Waals surface area contributed by atoms with Gasteiger partial charge in [0.1, 0.15) is 0 Å². The van der Waals surface area contributed by atoms with E-state index >= 15 is 0 Å². The molecule has 0 saturated heterocycles. The summed E-state index contributed by atoms with van der Waals surface area (Å²) in [6.07, 6.45) is 3.30. The molecular formula is C14H27NO3S. The van der Waals surface area contributed by atoms with Crippen molar-refractivity contribution in [2.75, 3.05) is 6.26 Å². The highest BCUT2D eigenvalue weighted by atomic mass is 32.2. The smallest absolute Gasteiger partial charge is 0.220 e. The molecule has 0 aromatic rings. The van der Waals surface area contributed by atoms with Crippen LogP contribution >= 0.6 is 0 Å². The summed E-state index contributed by atoms with van der Waals surface area (Å²) in [4.78, 5) is 11.8. The molecule has 1 amide bonds. The van der Waals surface area contributed by atoms with Crippen molar-refractivity contribution in [3.63, 3.8) is 0 Å². The lowest BCUT2D eigenvalue weighted by atomic mass is 9.92. The molecular weight excluding hydrogens is 262 g/mol. The number of carbonyl (C=O) groups is 1. The zero-order valence-electron chi connectivity index (χ0n) is 12.9. The summed E-state index contributed by atoms with van der Waals surface area (Å²) in [6, 6.07) is 0.163. The summed E-state index contributed by atoms with van der Waals surface area (Å²) in [6.45, 7) is 9.61. The molecule has 112 valence electrons. The van der Waals surface area contributed by atoms with Crippen molar-refractivity contribution in [1.82, 2.24) is 5.32 Å². The first-order valence-electron chi connectivity index (χ1n) is 6.81. The second-order valence-corrected chi connectivity index (χ2v) is 10.3. The summed E-state index contributed by atoms with van der Waals surface area (Å²) >= 11 is 0. The van der Waals surface area contributed by atoms with Gasteiger partial charge in [0, 0.05) is 18.7 Å². The van der Waals surface area contributed by atoms with E-state index in [1.165, 1.54) is 6.26 Å². The van der Waals surface area contributed by atoms with Gasteiger partial charge in [-0.3, -0.25) is 4.79 Å². The van der Waals surface area contributed by atoms with Gasteiger partial charge in [-0.15, -0.1) is 0 Å². The van der Waals surface area contributed by atoms with Gasteiger partial charge in [0.25, 0.3) is 0 Å². The molecule has 0 spiro atoms. The van der Waals surface area contributed by atoms with Crippen LogP contribution in [0.3, 0.4) is 0 Å². The highest BCUT2D eigenvalue weighted by Crippen LogP contribution is 2.40. The SMILES string of the molecule is CC(C)(C)CC(=O)NC1CC1CC(C)(C)S(C)(=O)=O. The molecule has 1 aliphatic carbocycles. The summed E-state index contributed by atoms with van der Waals surface area (Å²) in [7, 11) is -3.05. The summed E-state index contributed by atoms with van der Waals surface area (Å²) in [5.74, 6) is 0.366. The summed E-state index contributed by atoms with van der Waals surface area (Å²) in [5.41, 5.74) is -0.0134. The summed E-state index contributed by atoms with van der Waals surface area (Å²) in [5, 5.41) is 3.00. The minimum absolute atomic E-state index is 0.0134. The zero-order valence-corrected chi connectivity index (χ0v) is 13.7. The fraction of sp³-hybridized carbons (Fsp3) is 0.929. The standard InChI is InChI=1S/C14H27NO3S/c1-13(2,3)9-12(16)15-11-7-10(11)8-14(4,5)19(6,17)18/h10-11H,7-9H2,1-6H3,(H,15,16). The van der Waals surface area contributed by atoms with Crippen LogP contribution in [0.2, 0.25) is 0 Å². The molecule has 0 bridgehead atoms. The van der Waals surface area contributed by atoms with Crippen molar-refractivity contribution >= 4 is 15.7 Å². The highest BCUT2D eigenvalue weighted by molar-refractivity contribution is 7.92. The average molecular weight is 289 g/mol. The van der Waals surface area contributed by atoms with E-state index in [0.717, 1.165) is 6.42 Å².